The summed E-state index contributed by atoms with van der Waals surface area (Å²) in [6.07, 6.45) is 4.57. The second kappa shape index (κ2) is 7.40. The number of aromatic nitrogens is 5. The smallest absolute Gasteiger partial charge is 0.226 e. The number of amides is 1. The van der Waals surface area contributed by atoms with Crippen LogP contribution in [0.5, 0.6) is 0 Å². The van der Waals surface area contributed by atoms with Gasteiger partial charge in [0.2, 0.25) is 5.91 Å². The zero-order valence-corrected chi connectivity index (χ0v) is 14.7. The summed E-state index contributed by atoms with van der Waals surface area (Å²) in [5.41, 5.74) is 2.50. The Bertz CT molecular complexity index is 1030. The van der Waals surface area contributed by atoms with Gasteiger partial charge >= 0.3 is 0 Å². The maximum Gasteiger partial charge on any atom is 0.226 e. The van der Waals surface area contributed by atoms with Gasteiger partial charge in [-0.3, -0.25) is 14.2 Å². The van der Waals surface area contributed by atoms with E-state index in [1.807, 2.05) is 52.4 Å². The minimum atomic E-state index is -0.0904. The fourth-order valence-corrected chi connectivity index (χ4v) is 3.39. The van der Waals surface area contributed by atoms with Crippen LogP contribution in [0.15, 0.2) is 54.2 Å². The molecule has 4 aromatic rings. The van der Waals surface area contributed by atoms with E-state index in [1.54, 1.807) is 17.5 Å². The first-order valence-corrected chi connectivity index (χ1v) is 9.04. The summed E-state index contributed by atoms with van der Waals surface area (Å²) in [4.78, 5) is 21.0. The van der Waals surface area contributed by atoms with Crippen LogP contribution in [0, 0.1) is 0 Å². The molecule has 0 saturated carbocycles. The molecule has 1 N–H and O–H groups in total. The zero-order chi connectivity index (χ0) is 17.8. The van der Waals surface area contributed by atoms with E-state index in [4.69, 9.17) is 0 Å². The molecule has 4 heterocycles. The van der Waals surface area contributed by atoms with Gasteiger partial charge in [0.1, 0.15) is 0 Å². The molecule has 0 bridgehead atoms. The Morgan fingerprint density at radius 2 is 2.04 bits per heavy atom. The third kappa shape index (κ3) is 3.75. The number of carbonyl (C=O) groups is 1. The van der Waals surface area contributed by atoms with Crippen LogP contribution in [0.1, 0.15) is 22.2 Å². The Morgan fingerprint density at radius 1 is 1.12 bits per heavy atom. The number of nitrogens with one attached hydrogen (secondary N) is 1. The molecule has 0 aliphatic carbocycles. The van der Waals surface area contributed by atoms with Crippen LogP contribution in [0.2, 0.25) is 0 Å². The van der Waals surface area contributed by atoms with Gasteiger partial charge in [-0.2, -0.15) is 0 Å². The highest BCUT2D eigenvalue weighted by Crippen LogP contribution is 2.14. The van der Waals surface area contributed by atoms with Gasteiger partial charge in [0.15, 0.2) is 11.5 Å². The Kier molecular flexibility index (Phi) is 4.65. The van der Waals surface area contributed by atoms with E-state index in [9.17, 15) is 4.79 Å². The van der Waals surface area contributed by atoms with E-state index >= 15 is 0 Å². The van der Waals surface area contributed by atoms with E-state index in [2.05, 4.69) is 25.5 Å². The molecule has 8 heteroatoms. The molecule has 26 heavy (non-hydrogen) atoms. The van der Waals surface area contributed by atoms with Crippen molar-refractivity contribution >= 4 is 22.9 Å². The Hall–Kier alpha value is -3.13. The standard InChI is InChI=1S/C18H16N6OS/c25-17(20-11-16-23-22-15-6-2-4-8-24(15)16)9-14-12-26-18(21-14)10-13-5-1-3-7-19-13/h1-8,12H,9-11H2,(H,20,25). The molecule has 0 fully saturated rings. The average molecular weight is 364 g/mol. The Balaban J connectivity index is 1.33. The molecule has 0 aromatic carbocycles. The summed E-state index contributed by atoms with van der Waals surface area (Å²) in [5.74, 6) is 0.607. The van der Waals surface area contributed by atoms with Crippen molar-refractivity contribution in [2.24, 2.45) is 0 Å². The van der Waals surface area contributed by atoms with E-state index in [1.165, 1.54) is 0 Å². The lowest BCUT2D eigenvalue weighted by Gasteiger charge is -2.03. The predicted molar refractivity (Wildman–Crippen MR) is 97.7 cm³/mol. The van der Waals surface area contributed by atoms with E-state index < -0.39 is 0 Å². The van der Waals surface area contributed by atoms with Crippen LogP contribution in [0.25, 0.3) is 5.65 Å². The van der Waals surface area contributed by atoms with E-state index in [0.29, 0.717) is 18.8 Å². The Morgan fingerprint density at radius 3 is 2.92 bits per heavy atom. The van der Waals surface area contributed by atoms with Crippen LogP contribution < -0.4 is 5.32 Å². The monoisotopic (exact) mass is 364 g/mol. The first-order chi connectivity index (χ1) is 12.8. The van der Waals surface area contributed by atoms with E-state index in [0.717, 1.165) is 22.0 Å². The summed E-state index contributed by atoms with van der Waals surface area (Å²) in [7, 11) is 0. The fourth-order valence-electron chi connectivity index (χ4n) is 2.59. The van der Waals surface area contributed by atoms with Gasteiger partial charge in [0.25, 0.3) is 0 Å². The van der Waals surface area contributed by atoms with Crippen LogP contribution in [-0.4, -0.2) is 30.5 Å². The number of hydrogen-bond donors (Lipinski definition) is 1. The zero-order valence-electron chi connectivity index (χ0n) is 13.9. The van der Waals surface area contributed by atoms with Crippen LogP contribution in [0.4, 0.5) is 0 Å². The third-order valence-corrected chi connectivity index (χ3v) is 4.73. The van der Waals surface area contributed by atoms with Gasteiger partial charge in [0, 0.05) is 29.9 Å². The number of fused-ring (bicyclic) bond motifs is 1. The highest BCUT2D eigenvalue weighted by Gasteiger charge is 2.10. The van der Waals surface area contributed by atoms with Crippen molar-refractivity contribution in [2.45, 2.75) is 19.4 Å². The van der Waals surface area contributed by atoms with Crippen molar-refractivity contribution in [1.29, 1.82) is 0 Å². The second-order valence-electron chi connectivity index (χ2n) is 5.73. The number of thiazole rings is 1. The average Bonchev–Trinajstić information content (AvgIpc) is 3.28. The van der Waals surface area contributed by atoms with E-state index in [-0.39, 0.29) is 12.3 Å². The van der Waals surface area contributed by atoms with Gasteiger partial charge in [-0.1, -0.05) is 12.1 Å². The topological polar surface area (TPSA) is 85.1 Å². The lowest BCUT2D eigenvalue weighted by Crippen LogP contribution is -2.25. The summed E-state index contributed by atoms with van der Waals surface area (Å²) < 4.78 is 1.86. The first-order valence-electron chi connectivity index (χ1n) is 8.16. The minimum absolute atomic E-state index is 0.0904. The predicted octanol–water partition coefficient (Wildman–Crippen LogP) is 2.03. The van der Waals surface area contributed by atoms with Crippen molar-refractivity contribution in [2.75, 3.05) is 0 Å². The molecular formula is C18H16N6OS. The van der Waals surface area contributed by atoms with Gasteiger partial charge < -0.3 is 5.32 Å². The number of carbonyl (C=O) groups excluding carboxylic acids is 1. The first kappa shape index (κ1) is 16.3. The lowest BCUT2D eigenvalue weighted by atomic mass is 10.3. The lowest BCUT2D eigenvalue weighted by molar-refractivity contribution is -0.120. The number of rotatable bonds is 6. The number of pyridine rings is 2. The molecule has 1 amide bonds. The fraction of sp³-hybridized carbons (Fsp3) is 0.167. The molecule has 4 aromatic heterocycles. The van der Waals surface area contributed by atoms with Gasteiger partial charge in [0.05, 0.1) is 23.7 Å². The molecule has 7 nitrogen and oxygen atoms in total. The SMILES string of the molecule is O=C(Cc1csc(Cc2ccccn2)n1)NCc1nnc2ccccn12. The molecule has 4 rings (SSSR count). The maximum atomic E-state index is 12.2. The summed E-state index contributed by atoms with van der Waals surface area (Å²) in [6.45, 7) is 0.328. The quantitative estimate of drug-likeness (QED) is 0.566. The maximum absolute atomic E-state index is 12.2. The van der Waals surface area contributed by atoms with Gasteiger partial charge in [-0.15, -0.1) is 21.5 Å². The van der Waals surface area contributed by atoms with Crippen LogP contribution in [0.3, 0.4) is 0 Å². The molecule has 0 radical (unpaired) electrons. The molecule has 0 atom stereocenters. The minimum Gasteiger partial charge on any atom is -0.348 e. The molecule has 0 saturated heterocycles. The molecule has 0 aliphatic rings. The van der Waals surface area contributed by atoms with Gasteiger partial charge in [-0.25, -0.2) is 4.98 Å². The second-order valence-corrected chi connectivity index (χ2v) is 6.67. The largest absolute Gasteiger partial charge is 0.348 e. The van der Waals surface area contributed by atoms with Crippen molar-refractivity contribution in [1.82, 2.24) is 29.9 Å². The summed E-state index contributed by atoms with van der Waals surface area (Å²) in [6, 6.07) is 11.5. The van der Waals surface area contributed by atoms with Crippen LogP contribution >= 0.6 is 11.3 Å². The summed E-state index contributed by atoms with van der Waals surface area (Å²) in [5, 5.41) is 13.9. The van der Waals surface area contributed by atoms with Crippen LogP contribution in [-0.2, 0) is 24.2 Å². The number of nitrogens with zero attached hydrogens (tertiary/aromatic N) is 5. The molecule has 0 unspecified atom stereocenters. The van der Waals surface area contributed by atoms with Crippen molar-refractivity contribution in [3.63, 3.8) is 0 Å². The highest BCUT2D eigenvalue weighted by atomic mass is 32.1. The summed E-state index contributed by atoms with van der Waals surface area (Å²) >= 11 is 1.55. The number of hydrogen-bond acceptors (Lipinski definition) is 6. The molecule has 0 aliphatic heterocycles. The Labute approximate surface area is 153 Å². The van der Waals surface area contributed by atoms with Crippen molar-refractivity contribution in [3.05, 3.63) is 76.4 Å². The highest BCUT2D eigenvalue weighted by molar-refractivity contribution is 7.09. The van der Waals surface area contributed by atoms with Crippen molar-refractivity contribution < 1.29 is 4.79 Å². The molecule has 130 valence electrons. The molecular weight excluding hydrogens is 348 g/mol. The molecule has 0 spiro atoms. The van der Waals surface area contributed by atoms with Crippen molar-refractivity contribution in [3.8, 4) is 0 Å². The third-order valence-electron chi connectivity index (χ3n) is 3.83. The normalized spacial score (nSPS) is 10.9. The van der Waals surface area contributed by atoms with Gasteiger partial charge in [-0.05, 0) is 24.3 Å².